The van der Waals surface area contributed by atoms with Crippen LogP contribution in [0.5, 0.6) is 0 Å². The van der Waals surface area contributed by atoms with Gasteiger partial charge in [-0.1, -0.05) is 23.0 Å². The van der Waals surface area contributed by atoms with Crippen molar-refractivity contribution in [1.29, 1.82) is 0 Å². The van der Waals surface area contributed by atoms with Crippen LogP contribution >= 0.6 is 11.5 Å². The van der Waals surface area contributed by atoms with Crippen molar-refractivity contribution in [3.8, 4) is 0 Å². The number of carbonyl (C=O) groups is 1. The summed E-state index contributed by atoms with van der Waals surface area (Å²) in [5, 5.41) is 19.8. The van der Waals surface area contributed by atoms with Crippen LogP contribution in [0, 0.1) is 0 Å². The molecule has 1 amide bonds. The van der Waals surface area contributed by atoms with Gasteiger partial charge >= 0.3 is 0 Å². The minimum Gasteiger partial charge on any atom is -0.344 e. The van der Waals surface area contributed by atoms with Gasteiger partial charge in [0.1, 0.15) is 4.88 Å². The average molecular weight is 253 g/mol. The van der Waals surface area contributed by atoms with Gasteiger partial charge in [0.15, 0.2) is 5.82 Å². The molecule has 0 fully saturated rings. The lowest BCUT2D eigenvalue weighted by molar-refractivity contribution is 0.0953. The minimum absolute atomic E-state index is 0.201. The van der Waals surface area contributed by atoms with Gasteiger partial charge < -0.3 is 5.32 Å². The van der Waals surface area contributed by atoms with Crippen molar-refractivity contribution in [1.82, 2.24) is 35.5 Å². The highest BCUT2D eigenvalue weighted by molar-refractivity contribution is 7.08. The van der Waals surface area contributed by atoms with Gasteiger partial charge in [0.25, 0.3) is 5.91 Å². The predicted molar refractivity (Wildman–Crippen MR) is 59.3 cm³/mol. The summed E-state index contributed by atoms with van der Waals surface area (Å²) in [4.78, 5) is 12.4. The second-order valence-electron chi connectivity index (χ2n) is 3.31. The predicted octanol–water partition coefficient (Wildman–Crippen LogP) is -0.0663. The van der Waals surface area contributed by atoms with Crippen LogP contribution in [0.25, 0.3) is 0 Å². The van der Waals surface area contributed by atoms with E-state index in [1.807, 2.05) is 6.92 Å². The van der Waals surface area contributed by atoms with Crippen LogP contribution in [0.15, 0.2) is 0 Å². The fourth-order valence-corrected chi connectivity index (χ4v) is 1.90. The van der Waals surface area contributed by atoms with Crippen molar-refractivity contribution in [2.24, 2.45) is 0 Å². The average Bonchev–Trinajstić information content (AvgIpc) is 2.97. The van der Waals surface area contributed by atoms with Crippen LogP contribution in [0.3, 0.4) is 0 Å². The van der Waals surface area contributed by atoms with E-state index in [1.165, 1.54) is 0 Å². The molecule has 0 aliphatic carbocycles. The zero-order valence-electron chi connectivity index (χ0n) is 9.17. The van der Waals surface area contributed by atoms with E-state index in [9.17, 15) is 4.79 Å². The molecule has 0 aliphatic heterocycles. The molecule has 2 aromatic heterocycles. The van der Waals surface area contributed by atoms with Gasteiger partial charge in [0.2, 0.25) is 0 Å². The lowest BCUT2D eigenvalue weighted by atomic mass is 10.2. The van der Waals surface area contributed by atoms with Crippen molar-refractivity contribution in [3.05, 3.63) is 16.4 Å². The summed E-state index contributed by atoms with van der Waals surface area (Å²) in [5.41, 5.74) is 0.739. The second kappa shape index (κ2) is 5.43. The zero-order chi connectivity index (χ0) is 12.1. The largest absolute Gasteiger partial charge is 0.344 e. The smallest absolute Gasteiger partial charge is 0.265 e. The molecule has 0 spiro atoms. The molecule has 2 rings (SSSR count). The maximum absolute atomic E-state index is 11.8. The molecule has 0 aromatic carbocycles. The molecule has 2 aromatic rings. The monoisotopic (exact) mass is 253 g/mol. The molecule has 0 unspecified atom stereocenters. The van der Waals surface area contributed by atoms with Crippen molar-refractivity contribution in [2.75, 3.05) is 0 Å². The van der Waals surface area contributed by atoms with Gasteiger partial charge in [-0.3, -0.25) is 4.79 Å². The van der Waals surface area contributed by atoms with Crippen LogP contribution in [0.1, 0.15) is 34.5 Å². The Morgan fingerprint density at radius 2 is 2.35 bits per heavy atom. The van der Waals surface area contributed by atoms with E-state index in [0.29, 0.717) is 10.7 Å². The first-order valence-corrected chi connectivity index (χ1v) is 5.90. The maximum atomic E-state index is 11.8. The SMILES string of the molecule is CCCc1nnsc1C(=O)NCc1nn[nH]n1. The Balaban J connectivity index is 1.97. The summed E-state index contributed by atoms with van der Waals surface area (Å²) in [6.07, 6.45) is 1.68. The summed E-state index contributed by atoms with van der Waals surface area (Å²) in [6.45, 7) is 2.26. The number of nitrogens with zero attached hydrogens (tertiary/aromatic N) is 5. The Morgan fingerprint density at radius 1 is 1.47 bits per heavy atom. The standard InChI is InChI=1S/C8H11N7OS/c1-2-3-5-7(17-15-10-5)8(16)9-4-6-11-13-14-12-6/h2-4H2,1H3,(H,9,16)(H,11,12,13,14). The Morgan fingerprint density at radius 3 is 3.06 bits per heavy atom. The summed E-state index contributed by atoms with van der Waals surface area (Å²) < 4.78 is 3.79. The molecule has 0 saturated heterocycles. The fraction of sp³-hybridized carbons (Fsp3) is 0.500. The number of rotatable bonds is 5. The van der Waals surface area contributed by atoms with Crippen LogP contribution in [0.4, 0.5) is 0 Å². The van der Waals surface area contributed by atoms with E-state index >= 15 is 0 Å². The molecular formula is C8H11N7OS. The summed E-state index contributed by atoms with van der Waals surface area (Å²) in [5.74, 6) is 0.237. The number of tetrazole rings is 1. The number of nitrogens with one attached hydrogen (secondary N) is 2. The van der Waals surface area contributed by atoms with Crippen LogP contribution in [0.2, 0.25) is 0 Å². The molecule has 8 nitrogen and oxygen atoms in total. The quantitative estimate of drug-likeness (QED) is 0.772. The fourth-order valence-electron chi connectivity index (χ4n) is 1.28. The number of amides is 1. The number of aromatic amines is 1. The molecule has 0 bridgehead atoms. The van der Waals surface area contributed by atoms with Gasteiger partial charge in [-0.15, -0.1) is 15.3 Å². The first-order chi connectivity index (χ1) is 8.31. The van der Waals surface area contributed by atoms with E-state index in [0.717, 1.165) is 30.1 Å². The molecular weight excluding hydrogens is 242 g/mol. The Kier molecular flexibility index (Phi) is 3.70. The molecule has 9 heteroatoms. The number of aryl methyl sites for hydroxylation is 1. The maximum Gasteiger partial charge on any atom is 0.265 e. The molecule has 17 heavy (non-hydrogen) atoms. The summed E-state index contributed by atoms with van der Waals surface area (Å²) >= 11 is 1.10. The number of carbonyl (C=O) groups excluding carboxylic acids is 1. The van der Waals surface area contributed by atoms with Crippen molar-refractivity contribution < 1.29 is 4.79 Å². The van der Waals surface area contributed by atoms with Crippen molar-refractivity contribution in [2.45, 2.75) is 26.3 Å². The normalized spacial score (nSPS) is 10.4. The molecule has 90 valence electrons. The Hall–Kier alpha value is -1.90. The topological polar surface area (TPSA) is 109 Å². The van der Waals surface area contributed by atoms with Gasteiger partial charge in [0, 0.05) is 0 Å². The van der Waals surface area contributed by atoms with Crippen LogP contribution in [-0.4, -0.2) is 36.1 Å². The van der Waals surface area contributed by atoms with E-state index in [2.05, 4.69) is 35.5 Å². The number of hydrogen-bond donors (Lipinski definition) is 2. The molecule has 0 saturated carbocycles. The highest BCUT2D eigenvalue weighted by Crippen LogP contribution is 2.12. The summed E-state index contributed by atoms with van der Waals surface area (Å²) in [6, 6.07) is 0. The molecule has 2 N–H and O–H groups in total. The van der Waals surface area contributed by atoms with Gasteiger partial charge in [-0.2, -0.15) is 5.21 Å². The second-order valence-corrected chi connectivity index (χ2v) is 4.06. The Labute approximate surface area is 101 Å². The van der Waals surface area contributed by atoms with Gasteiger partial charge in [0.05, 0.1) is 12.2 Å². The van der Waals surface area contributed by atoms with Crippen LogP contribution < -0.4 is 5.32 Å². The molecule has 0 aliphatic rings. The summed E-state index contributed by atoms with van der Waals surface area (Å²) in [7, 11) is 0. The third-order valence-electron chi connectivity index (χ3n) is 2.05. The molecule has 0 radical (unpaired) electrons. The zero-order valence-corrected chi connectivity index (χ0v) is 9.99. The minimum atomic E-state index is -0.201. The number of aromatic nitrogens is 6. The lowest BCUT2D eigenvalue weighted by Crippen LogP contribution is -2.23. The van der Waals surface area contributed by atoms with E-state index < -0.39 is 0 Å². The Bertz CT molecular complexity index is 480. The van der Waals surface area contributed by atoms with Crippen molar-refractivity contribution >= 4 is 17.4 Å². The first-order valence-electron chi connectivity index (χ1n) is 5.13. The molecule has 2 heterocycles. The van der Waals surface area contributed by atoms with E-state index in [-0.39, 0.29) is 12.5 Å². The van der Waals surface area contributed by atoms with Crippen molar-refractivity contribution in [3.63, 3.8) is 0 Å². The highest BCUT2D eigenvalue weighted by Gasteiger charge is 2.15. The third-order valence-corrected chi connectivity index (χ3v) is 2.81. The third kappa shape index (κ3) is 2.81. The number of hydrogen-bond acceptors (Lipinski definition) is 7. The number of H-pyrrole nitrogens is 1. The van der Waals surface area contributed by atoms with E-state index in [1.54, 1.807) is 0 Å². The van der Waals surface area contributed by atoms with Crippen LogP contribution in [-0.2, 0) is 13.0 Å². The van der Waals surface area contributed by atoms with Gasteiger partial charge in [-0.25, -0.2) is 0 Å². The lowest BCUT2D eigenvalue weighted by Gasteiger charge is -2.00. The first kappa shape index (κ1) is 11.6. The van der Waals surface area contributed by atoms with Gasteiger partial charge in [-0.05, 0) is 18.0 Å². The highest BCUT2D eigenvalue weighted by atomic mass is 32.1. The van der Waals surface area contributed by atoms with E-state index in [4.69, 9.17) is 0 Å². The molecule has 0 atom stereocenters.